The van der Waals surface area contributed by atoms with E-state index in [4.69, 9.17) is 19.2 Å². The molecule has 1 aromatic carbocycles. The molecule has 3 aromatic rings. The van der Waals surface area contributed by atoms with Gasteiger partial charge in [-0.3, -0.25) is 14.2 Å². The predicted octanol–water partition coefficient (Wildman–Crippen LogP) is 1.66. The Morgan fingerprint density at radius 3 is 2.81 bits per heavy atom. The third kappa shape index (κ3) is 6.00. The number of aromatic nitrogens is 3. The number of amides is 1. The highest BCUT2D eigenvalue weighted by atomic mass is 16.5. The van der Waals surface area contributed by atoms with Gasteiger partial charge in [-0.25, -0.2) is 9.97 Å². The van der Waals surface area contributed by atoms with Gasteiger partial charge in [0.25, 0.3) is 11.5 Å². The van der Waals surface area contributed by atoms with E-state index in [1.807, 2.05) is 31.2 Å². The molecule has 1 aliphatic heterocycles. The second-order valence-corrected chi connectivity index (χ2v) is 9.04. The SMILES string of the molecule is COC[C@H]1CN(c2ccc3c(=O)n(CCc4ccc(OCC(=O)N(C)C)nc4)c(C)nc3c2)CCO1. The first-order valence-electron chi connectivity index (χ1n) is 12.0. The van der Waals surface area contributed by atoms with E-state index in [1.54, 1.807) is 38.0 Å². The number of likely N-dealkylation sites (N-methyl/N-ethyl adjacent to an activating group) is 1. The van der Waals surface area contributed by atoms with Crippen LogP contribution in [-0.2, 0) is 27.2 Å². The van der Waals surface area contributed by atoms with Gasteiger partial charge >= 0.3 is 0 Å². The molecule has 4 rings (SSSR count). The lowest BCUT2D eigenvalue weighted by Crippen LogP contribution is -2.44. The van der Waals surface area contributed by atoms with E-state index in [1.165, 1.54) is 4.90 Å². The van der Waals surface area contributed by atoms with Crippen molar-refractivity contribution >= 4 is 22.5 Å². The summed E-state index contributed by atoms with van der Waals surface area (Å²) in [5, 5.41) is 0.596. The smallest absolute Gasteiger partial charge is 0.261 e. The number of fused-ring (bicyclic) bond motifs is 1. The lowest BCUT2D eigenvalue weighted by molar-refractivity contribution is -0.130. The highest BCUT2D eigenvalue weighted by Crippen LogP contribution is 2.22. The fourth-order valence-electron chi connectivity index (χ4n) is 4.17. The lowest BCUT2D eigenvalue weighted by atomic mass is 10.1. The molecular formula is C26H33N5O5. The summed E-state index contributed by atoms with van der Waals surface area (Å²) in [6, 6.07) is 9.44. The molecule has 1 fully saturated rings. The molecular weight excluding hydrogens is 462 g/mol. The van der Waals surface area contributed by atoms with Crippen molar-refractivity contribution in [2.75, 3.05) is 59.0 Å². The van der Waals surface area contributed by atoms with Crippen molar-refractivity contribution in [2.24, 2.45) is 0 Å². The van der Waals surface area contributed by atoms with Gasteiger partial charge in [0.2, 0.25) is 5.88 Å². The van der Waals surface area contributed by atoms with Crippen LogP contribution < -0.4 is 15.2 Å². The number of methoxy groups -OCH3 is 1. The maximum Gasteiger partial charge on any atom is 0.261 e. The van der Waals surface area contributed by atoms with Crippen LogP contribution in [0.15, 0.2) is 41.3 Å². The molecule has 2 aromatic heterocycles. The van der Waals surface area contributed by atoms with E-state index in [0.717, 1.165) is 24.3 Å². The Morgan fingerprint density at radius 2 is 2.08 bits per heavy atom. The third-order valence-electron chi connectivity index (χ3n) is 6.25. The van der Waals surface area contributed by atoms with Gasteiger partial charge in [-0.15, -0.1) is 0 Å². The number of carbonyl (C=O) groups excluding carboxylic acids is 1. The van der Waals surface area contributed by atoms with Crippen molar-refractivity contribution in [3.63, 3.8) is 0 Å². The first kappa shape index (κ1) is 25.6. The van der Waals surface area contributed by atoms with Crippen molar-refractivity contribution in [3.8, 4) is 5.88 Å². The molecule has 3 heterocycles. The number of carbonyl (C=O) groups is 1. The summed E-state index contributed by atoms with van der Waals surface area (Å²) in [6.45, 7) is 4.98. The molecule has 1 amide bonds. The van der Waals surface area contributed by atoms with Crippen LogP contribution in [0.5, 0.6) is 5.88 Å². The first-order valence-corrected chi connectivity index (χ1v) is 12.0. The van der Waals surface area contributed by atoms with E-state index >= 15 is 0 Å². The van der Waals surface area contributed by atoms with Gasteiger partial charge < -0.3 is 24.0 Å². The van der Waals surface area contributed by atoms with Gasteiger partial charge in [0.1, 0.15) is 5.82 Å². The van der Waals surface area contributed by atoms with Gasteiger partial charge in [-0.1, -0.05) is 6.07 Å². The minimum Gasteiger partial charge on any atom is -0.468 e. The number of hydrogen-bond acceptors (Lipinski definition) is 8. The average Bonchev–Trinajstić information content (AvgIpc) is 2.87. The predicted molar refractivity (Wildman–Crippen MR) is 137 cm³/mol. The molecule has 0 radical (unpaired) electrons. The molecule has 1 atom stereocenters. The van der Waals surface area contributed by atoms with Crippen molar-refractivity contribution in [1.82, 2.24) is 19.4 Å². The number of hydrogen-bond donors (Lipinski definition) is 0. The number of aryl methyl sites for hydroxylation is 2. The van der Waals surface area contributed by atoms with Crippen LogP contribution in [0.25, 0.3) is 10.9 Å². The second kappa shape index (κ2) is 11.5. The maximum atomic E-state index is 13.3. The second-order valence-electron chi connectivity index (χ2n) is 9.04. The van der Waals surface area contributed by atoms with E-state index in [2.05, 4.69) is 9.88 Å². The van der Waals surface area contributed by atoms with Crippen molar-refractivity contribution < 1.29 is 19.0 Å². The number of rotatable bonds is 9. The fraction of sp³-hybridized carbons (Fsp3) is 0.462. The zero-order valence-corrected chi connectivity index (χ0v) is 21.3. The van der Waals surface area contributed by atoms with E-state index in [-0.39, 0.29) is 24.2 Å². The normalized spacial score (nSPS) is 15.8. The summed E-state index contributed by atoms with van der Waals surface area (Å²) >= 11 is 0. The van der Waals surface area contributed by atoms with Crippen LogP contribution in [0.3, 0.4) is 0 Å². The van der Waals surface area contributed by atoms with Gasteiger partial charge in [0.05, 0.1) is 30.2 Å². The lowest BCUT2D eigenvalue weighted by Gasteiger charge is -2.34. The van der Waals surface area contributed by atoms with Gasteiger partial charge in [-0.05, 0) is 37.1 Å². The quantitative estimate of drug-likeness (QED) is 0.442. The number of nitrogens with zero attached hydrogens (tertiary/aromatic N) is 5. The zero-order valence-electron chi connectivity index (χ0n) is 21.3. The fourth-order valence-corrected chi connectivity index (χ4v) is 4.17. The van der Waals surface area contributed by atoms with Gasteiger partial charge in [0.15, 0.2) is 6.61 Å². The molecule has 1 saturated heterocycles. The molecule has 0 spiro atoms. The zero-order chi connectivity index (χ0) is 25.7. The monoisotopic (exact) mass is 495 g/mol. The molecule has 192 valence electrons. The van der Waals surface area contributed by atoms with Crippen LogP contribution in [0.4, 0.5) is 5.69 Å². The Kier molecular flexibility index (Phi) is 8.17. The van der Waals surface area contributed by atoms with Gasteiger partial charge in [0, 0.05) is 58.8 Å². The van der Waals surface area contributed by atoms with Crippen LogP contribution in [0.1, 0.15) is 11.4 Å². The summed E-state index contributed by atoms with van der Waals surface area (Å²) in [6.07, 6.45) is 2.35. The Hall–Kier alpha value is -3.50. The number of ether oxygens (including phenoxy) is 3. The van der Waals surface area contributed by atoms with Crippen LogP contribution >= 0.6 is 0 Å². The summed E-state index contributed by atoms with van der Waals surface area (Å²) in [4.78, 5) is 37.6. The van der Waals surface area contributed by atoms with Gasteiger partial charge in [-0.2, -0.15) is 0 Å². The number of benzene rings is 1. The van der Waals surface area contributed by atoms with Crippen LogP contribution in [0.2, 0.25) is 0 Å². The molecule has 10 heteroatoms. The van der Waals surface area contributed by atoms with Crippen molar-refractivity contribution in [3.05, 3.63) is 58.3 Å². The molecule has 0 aliphatic carbocycles. The highest BCUT2D eigenvalue weighted by Gasteiger charge is 2.21. The molecule has 0 saturated carbocycles. The summed E-state index contributed by atoms with van der Waals surface area (Å²) in [7, 11) is 5.03. The molecule has 10 nitrogen and oxygen atoms in total. The Morgan fingerprint density at radius 1 is 1.25 bits per heavy atom. The van der Waals surface area contributed by atoms with E-state index in [0.29, 0.717) is 48.8 Å². The van der Waals surface area contributed by atoms with E-state index in [9.17, 15) is 9.59 Å². The Balaban J connectivity index is 1.44. The van der Waals surface area contributed by atoms with Crippen molar-refractivity contribution in [2.45, 2.75) is 26.0 Å². The standard InChI is InChI=1S/C26H33N5O5/c1-18-28-23-13-20(30-11-12-35-21(15-30)16-34-4)6-7-22(23)26(33)31(18)10-9-19-5-8-24(27-14-19)36-17-25(32)29(2)3/h5-8,13-14,21H,9-12,15-17H2,1-4H3/t21-/m1/s1. The topological polar surface area (TPSA) is 99.0 Å². The summed E-state index contributed by atoms with van der Waals surface area (Å²) in [5.41, 5.74) is 2.62. The van der Waals surface area contributed by atoms with Crippen LogP contribution in [0, 0.1) is 6.92 Å². The molecule has 1 aliphatic rings. The minimum absolute atomic E-state index is 0.0257. The maximum absolute atomic E-state index is 13.3. The number of anilines is 1. The molecule has 36 heavy (non-hydrogen) atoms. The first-order chi connectivity index (χ1) is 17.4. The summed E-state index contributed by atoms with van der Waals surface area (Å²) < 4.78 is 18.1. The van der Waals surface area contributed by atoms with E-state index < -0.39 is 0 Å². The largest absolute Gasteiger partial charge is 0.468 e. The Bertz CT molecular complexity index is 1260. The average molecular weight is 496 g/mol. The third-order valence-corrected chi connectivity index (χ3v) is 6.25. The van der Waals surface area contributed by atoms with Crippen LogP contribution in [-0.4, -0.2) is 85.6 Å². The summed E-state index contributed by atoms with van der Waals surface area (Å²) in [5.74, 6) is 0.921. The molecule has 0 N–H and O–H groups in total. The highest BCUT2D eigenvalue weighted by molar-refractivity contribution is 5.81. The molecule has 0 unspecified atom stereocenters. The number of pyridine rings is 1. The molecule has 0 bridgehead atoms. The van der Waals surface area contributed by atoms with Crippen molar-refractivity contribution in [1.29, 1.82) is 0 Å². The minimum atomic E-state index is -0.133. The Labute approximate surface area is 210 Å². The number of morpholine rings is 1.